The number of ether oxygens (including phenoxy) is 1. The summed E-state index contributed by atoms with van der Waals surface area (Å²) in [7, 11) is 0. The first-order valence-electron chi connectivity index (χ1n) is 7.10. The average molecular weight is 276 g/mol. The maximum atomic E-state index is 12.3. The predicted molar refractivity (Wildman–Crippen MR) is 79.5 cm³/mol. The molecule has 1 aromatic rings. The van der Waals surface area contributed by atoms with Crippen molar-refractivity contribution in [1.29, 1.82) is 0 Å². The van der Waals surface area contributed by atoms with E-state index in [-0.39, 0.29) is 18.2 Å². The number of carbonyl (C=O) groups is 1. The SMILES string of the molecule is Cc1ccccc1[C@@H]1[C@H](N)CCN1C(=O)OC(C)(C)C. The first-order valence-corrected chi connectivity index (χ1v) is 7.10. The quantitative estimate of drug-likeness (QED) is 0.858. The van der Waals surface area contributed by atoms with E-state index in [1.54, 1.807) is 4.90 Å². The zero-order valence-electron chi connectivity index (χ0n) is 12.7. The Morgan fingerprint density at radius 2 is 2.00 bits per heavy atom. The molecule has 0 bridgehead atoms. The fourth-order valence-corrected chi connectivity index (χ4v) is 2.66. The molecule has 2 rings (SSSR count). The molecule has 4 heteroatoms. The second-order valence-corrected chi connectivity index (χ2v) is 6.43. The fraction of sp³-hybridized carbons (Fsp3) is 0.562. The number of rotatable bonds is 1. The van der Waals surface area contributed by atoms with Gasteiger partial charge in [0, 0.05) is 12.6 Å². The van der Waals surface area contributed by atoms with Crippen molar-refractivity contribution in [3.8, 4) is 0 Å². The Morgan fingerprint density at radius 1 is 1.35 bits per heavy atom. The molecule has 0 spiro atoms. The Balaban J connectivity index is 2.26. The average Bonchev–Trinajstić information content (AvgIpc) is 2.70. The number of amides is 1. The summed E-state index contributed by atoms with van der Waals surface area (Å²) in [5, 5.41) is 0. The maximum absolute atomic E-state index is 12.3. The molecule has 1 aromatic carbocycles. The van der Waals surface area contributed by atoms with Crippen molar-refractivity contribution >= 4 is 6.09 Å². The van der Waals surface area contributed by atoms with Crippen LogP contribution in [0.15, 0.2) is 24.3 Å². The van der Waals surface area contributed by atoms with Crippen molar-refractivity contribution in [2.75, 3.05) is 6.54 Å². The van der Waals surface area contributed by atoms with Gasteiger partial charge in [0.1, 0.15) is 5.60 Å². The first kappa shape index (κ1) is 14.9. The van der Waals surface area contributed by atoms with Crippen molar-refractivity contribution < 1.29 is 9.53 Å². The number of hydrogen-bond acceptors (Lipinski definition) is 3. The Bertz CT molecular complexity index is 493. The molecule has 0 unspecified atom stereocenters. The van der Waals surface area contributed by atoms with Crippen LogP contribution in [-0.2, 0) is 4.74 Å². The summed E-state index contributed by atoms with van der Waals surface area (Å²) in [5.41, 5.74) is 8.01. The lowest BCUT2D eigenvalue weighted by molar-refractivity contribution is 0.0218. The molecule has 4 nitrogen and oxygen atoms in total. The fourth-order valence-electron chi connectivity index (χ4n) is 2.66. The molecule has 2 N–H and O–H groups in total. The van der Waals surface area contributed by atoms with E-state index < -0.39 is 5.60 Å². The van der Waals surface area contributed by atoms with E-state index in [9.17, 15) is 4.79 Å². The minimum Gasteiger partial charge on any atom is -0.444 e. The van der Waals surface area contributed by atoms with Gasteiger partial charge in [-0.05, 0) is 45.2 Å². The smallest absolute Gasteiger partial charge is 0.410 e. The summed E-state index contributed by atoms with van der Waals surface area (Å²) in [4.78, 5) is 14.1. The largest absolute Gasteiger partial charge is 0.444 e. The van der Waals surface area contributed by atoms with Crippen LogP contribution in [0.1, 0.15) is 44.4 Å². The Labute approximate surface area is 120 Å². The summed E-state index contributed by atoms with van der Waals surface area (Å²) >= 11 is 0. The van der Waals surface area contributed by atoms with Crippen LogP contribution in [0.3, 0.4) is 0 Å². The van der Waals surface area contributed by atoms with Crippen molar-refractivity contribution in [1.82, 2.24) is 4.90 Å². The molecule has 1 amide bonds. The van der Waals surface area contributed by atoms with Gasteiger partial charge in [-0.3, -0.25) is 4.90 Å². The zero-order chi connectivity index (χ0) is 14.9. The van der Waals surface area contributed by atoms with Crippen molar-refractivity contribution in [2.24, 2.45) is 5.73 Å². The van der Waals surface area contributed by atoms with Crippen LogP contribution in [-0.4, -0.2) is 29.2 Å². The van der Waals surface area contributed by atoms with Gasteiger partial charge in [0.15, 0.2) is 0 Å². The highest BCUT2D eigenvalue weighted by molar-refractivity contribution is 5.69. The molecule has 0 saturated carbocycles. The van der Waals surface area contributed by atoms with Crippen molar-refractivity contribution in [3.05, 3.63) is 35.4 Å². The van der Waals surface area contributed by atoms with Gasteiger partial charge in [0.2, 0.25) is 0 Å². The summed E-state index contributed by atoms with van der Waals surface area (Å²) in [6.45, 7) is 8.33. The van der Waals surface area contributed by atoms with Gasteiger partial charge >= 0.3 is 6.09 Å². The molecular weight excluding hydrogens is 252 g/mol. The maximum Gasteiger partial charge on any atom is 0.410 e. The van der Waals surface area contributed by atoms with E-state index in [0.717, 1.165) is 17.5 Å². The van der Waals surface area contributed by atoms with Gasteiger partial charge in [0.25, 0.3) is 0 Å². The van der Waals surface area contributed by atoms with Crippen molar-refractivity contribution in [3.63, 3.8) is 0 Å². The van der Waals surface area contributed by atoms with Crippen LogP contribution in [0.2, 0.25) is 0 Å². The van der Waals surface area contributed by atoms with E-state index in [1.807, 2.05) is 52.0 Å². The lowest BCUT2D eigenvalue weighted by atomic mass is 9.96. The Morgan fingerprint density at radius 3 is 2.60 bits per heavy atom. The number of likely N-dealkylation sites (tertiary alicyclic amines) is 1. The normalized spacial score (nSPS) is 22.9. The molecule has 20 heavy (non-hydrogen) atoms. The molecular formula is C16H24N2O2. The number of benzene rings is 1. The standard InChI is InChI=1S/C16H24N2O2/c1-11-7-5-6-8-12(11)14-13(17)9-10-18(14)15(19)20-16(2,3)4/h5-8,13-14H,9-10,17H2,1-4H3/t13-,14-/m1/s1. The monoisotopic (exact) mass is 276 g/mol. The topological polar surface area (TPSA) is 55.6 Å². The third-order valence-corrected chi connectivity index (χ3v) is 3.58. The highest BCUT2D eigenvalue weighted by atomic mass is 16.6. The molecule has 0 aromatic heterocycles. The van der Waals surface area contributed by atoms with Crippen LogP contribution < -0.4 is 5.73 Å². The zero-order valence-corrected chi connectivity index (χ0v) is 12.7. The molecule has 1 heterocycles. The van der Waals surface area contributed by atoms with Crippen LogP contribution in [0.5, 0.6) is 0 Å². The van der Waals surface area contributed by atoms with Crippen LogP contribution in [0.4, 0.5) is 4.79 Å². The highest BCUT2D eigenvalue weighted by Crippen LogP contribution is 2.34. The molecule has 1 fully saturated rings. The molecule has 0 aliphatic carbocycles. The molecule has 1 aliphatic rings. The number of aryl methyl sites for hydroxylation is 1. The van der Waals surface area contributed by atoms with Crippen LogP contribution in [0, 0.1) is 6.92 Å². The van der Waals surface area contributed by atoms with E-state index in [4.69, 9.17) is 10.5 Å². The Kier molecular flexibility index (Phi) is 4.04. The van der Waals surface area contributed by atoms with Crippen molar-refractivity contribution in [2.45, 2.75) is 51.8 Å². The number of carbonyl (C=O) groups excluding carboxylic acids is 1. The summed E-state index contributed by atoms with van der Waals surface area (Å²) in [6.07, 6.45) is 0.525. The van der Waals surface area contributed by atoms with Gasteiger partial charge in [-0.2, -0.15) is 0 Å². The molecule has 1 saturated heterocycles. The third kappa shape index (κ3) is 3.12. The highest BCUT2D eigenvalue weighted by Gasteiger charge is 2.38. The second-order valence-electron chi connectivity index (χ2n) is 6.43. The van der Waals surface area contributed by atoms with Gasteiger partial charge < -0.3 is 10.5 Å². The minimum atomic E-state index is -0.486. The lowest BCUT2D eigenvalue weighted by Gasteiger charge is -2.30. The van der Waals surface area contributed by atoms with Crippen LogP contribution in [0.25, 0.3) is 0 Å². The van der Waals surface area contributed by atoms with E-state index >= 15 is 0 Å². The molecule has 110 valence electrons. The number of nitrogens with two attached hydrogens (primary N) is 1. The van der Waals surface area contributed by atoms with Gasteiger partial charge in [-0.25, -0.2) is 4.79 Å². The van der Waals surface area contributed by atoms with E-state index in [1.165, 1.54) is 0 Å². The lowest BCUT2D eigenvalue weighted by Crippen LogP contribution is -2.39. The second kappa shape index (κ2) is 5.44. The van der Waals surface area contributed by atoms with Gasteiger partial charge in [0.05, 0.1) is 6.04 Å². The number of hydrogen-bond donors (Lipinski definition) is 1. The van der Waals surface area contributed by atoms with Gasteiger partial charge in [-0.15, -0.1) is 0 Å². The first-order chi connectivity index (χ1) is 9.29. The van der Waals surface area contributed by atoms with E-state index in [2.05, 4.69) is 0 Å². The molecule has 1 aliphatic heterocycles. The predicted octanol–water partition coefficient (Wildman–Crippen LogP) is 3.00. The van der Waals surface area contributed by atoms with Gasteiger partial charge in [-0.1, -0.05) is 24.3 Å². The summed E-state index contributed by atoms with van der Waals surface area (Å²) in [6, 6.07) is 7.95. The minimum absolute atomic E-state index is 0.0383. The molecule has 2 atom stereocenters. The molecule has 0 radical (unpaired) electrons. The summed E-state index contributed by atoms with van der Waals surface area (Å²) in [5.74, 6) is 0. The third-order valence-electron chi connectivity index (χ3n) is 3.58. The van der Waals surface area contributed by atoms with Crippen LogP contribution >= 0.6 is 0 Å². The van der Waals surface area contributed by atoms with E-state index in [0.29, 0.717) is 6.54 Å². The summed E-state index contributed by atoms with van der Waals surface area (Å²) < 4.78 is 5.49. The Hall–Kier alpha value is -1.55. The number of nitrogens with zero attached hydrogens (tertiary/aromatic N) is 1.